The summed E-state index contributed by atoms with van der Waals surface area (Å²) in [6, 6.07) is 4.01. The molecule has 1 aliphatic rings. The van der Waals surface area contributed by atoms with E-state index < -0.39 is 0 Å². The van der Waals surface area contributed by atoms with E-state index >= 15 is 0 Å². The van der Waals surface area contributed by atoms with Crippen LogP contribution in [0.15, 0.2) is 27.8 Å². The van der Waals surface area contributed by atoms with Crippen LogP contribution in [0.25, 0.3) is 11.5 Å². The topological polar surface area (TPSA) is 69.9 Å². The number of hydrogen-bond acceptors (Lipinski definition) is 5. The molecule has 1 fully saturated rings. The lowest BCUT2D eigenvalue weighted by atomic mass is 10.0. The number of rotatable bonds is 5. The van der Waals surface area contributed by atoms with Crippen molar-refractivity contribution in [2.75, 3.05) is 6.54 Å². The molecule has 0 aliphatic heterocycles. The molecule has 6 heteroatoms. The summed E-state index contributed by atoms with van der Waals surface area (Å²) >= 11 is 1.86. The quantitative estimate of drug-likeness (QED) is 0.917. The maximum Gasteiger partial charge on any atom is 0.161 e. The fourth-order valence-electron chi connectivity index (χ4n) is 2.52. The van der Waals surface area contributed by atoms with Crippen molar-refractivity contribution in [3.8, 4) is 11.5 Å². The van der Waals surface area contributed by atoms with Crippen LogP contribution in [0.3, 0.4) is 0 Å². The molecule has 108 valence electrons. The van der Waals surface area contributed by atoms with E-state index in [0.29, 0.717) is 18.3 Å². The first-order chi connectivity index (χ1) is 9.85. The van der Waals surface area contributed by atoms with Crippen molar-refractivity contribution in [2.45, 2.75) is 49.0 Å². The van der Waals surface area contributed by atoms with Gasteiger partial charge in [-0.1, -0.05) is 36.2 Å². The van der Waals surface area contributed by atoms with Gasteiger partial charge in [0.15, 0.2) is 10.9 Å². The first-order valence-corrected chi connectivity index (χ1v) is 8.10. The van der Waals surface area contributed by atoms with Gasteiger partial charge in [-0.2, -0.15) is 0 Å². The summed E-state index contributed by atoms with van der Waals surface area (Å²) in [6.45, 7) is 1.24. The van der Waals surface area contributed by atoms with Crippen molar-refractivity contribution >= 4 is 11.8 Å². The summed E-state index contributed by atoms with van der Waals surface area (Å²) in [4.78, 5) is 0. The van der Waals surface area contributed by atoms with Crippen molar-refractivity contribution in [3.63, 3.8) is 0 Å². The zero-order valence-corrected chi connectivity index (χ0v) is 12.3. The van der Waals surface area contributed by atoms with Crippen LogP contribution in [-0.2, 0) is 6.54 Å². The predicted octanol–water partition coefficient (Wildman–Crippen LogP) is 2.92. The van der Waals surface area contributed by atoms with E-state index in [4.69, 9.17) is 10.2 Å². The number of hydrogen-bond donors (Lipinski definition) is 1. The predicted molar refractivity (Wildman–Crippen MR) is 79.5 cm³/mol. The molecule has 0 radical (unpaired) electrons. The van der Waals surface area contributed by atoms with Gasteiger partial charge in [-0.05, 0) is 25.0 Å². The highest BCUT2D eigenvalue weighted by Crippen LogP contribution is 2.35. The van der Waals surface area contributed by atoms with Gasteiger partial charge in [-0.3, -0.25) is 4.68 Å². The van der Waals surface area contributed by atoms with E-state index in [9.17, 15) is 0 Å². The van der Waals surface area contributed by atoms with Crippen LogP contribution in [-0.4, -0.2) is 26.8 Å². The lowest BCUT2D eigenvalue weighted by Gasteiger charge is -2.19. The minimum absolute atomic E-state index is 0.559. The Kier molecular flexibility index (Phi) is 4.42. The van der Waals surface area contributed by atoms with Crippen molar-refractivity contribution in [3.05, 3.63) is 18.3 Å². The first-order valence-electron chi connectivity index (χ1n) is 7.22. The largest absolute Gasteiger partial charge is 0.448 e. The van der Waals surface area contributed by atoms with Crippen molar-refractivity contribution in [2.24, 2.45) is 5.73 Å². The van der Waals surface area contributed by atoms with E-state index in [2.05, 4.69) is 10.3 Å². The zero-order chi connectivity index (χ0) is 13.8. The summed E-state index contributed by atoms with van der Waals surface area (Å²) in [7, 11) is 0. The van der Waals surface area contributed by atoms with Gasteiger partial charge in [-0.25, -0.2) is 0 Å². The van der Waals surface area contributed by atoms with Crippen molar-refractivity contribution in [1.82, 2.24) is 15.0 Å². The van der Waals surface area contributed by atoms with Crippen molar-refractivity contribution < 1.29 is 4.42 Å². The summed E-state index contributed by atoms with van der Waals surface area (Å²) in [5.74, 6) is 0.784. The average Bonchev–Trinajstić information content (AvgIpc) is 3.10. The smallest absolute Gasteiger partial charge is 0.161 e. The Bertz CT molecular complexity index is 545. The van der Waals surface area contributed by atoms with Gasteiger partial charge in [0, 0.05) is 11.8 Å². The number of thioether (sulfide) groups is 1. The third kappa shape index (κ3) is 3.24. The van der Waals surface area contributed by atoms with Gasteiger partial charge in [0.2, 0.25) is 0 Å². The third-order valence-corrected chi connectivity index (χ3v) is 4.82. The van der Waals surface area contributed by atoms with E-state index in [0.717, 1.165) is 16.5 Å². The molecule has 1 aliphatic carbocycles. The normalized spacial score (nSPS) is 16.6. The highest BCUT2D eigenvalue weighted by molar-refractivity contribution is 7.99. The van der Waals surface area contributed by atoms with Gasteiger partial charge < -0.3 is 10.2 Å². The Morgan fingerprint density at radius 3 is 2.95 bits per heavy atom. The molecule has 20 heavy (non-hydrogen) atoms. The van der Waals surface area contributed by atoms with E-state index in [-0.39, 0.29) is 0 Å². The van der Waals surface area contributed by atoms with Crippen molar-refractivity contribution in [1.29, 1.82) is 0 Å². The SMILES string of the molecule is NCCn1cc(-c2ccc(SC3CCCCC3)o2)nn1. The maximum atomic E-state index is 5.88. The zero-order valence-electron chi connectivity index (χ0n) is 11.5. The van der Waals surface area contributed by atoms with Crippen LogP contribution in [0, 0.1) is 0 Å². The summed E-state index contributed by atoms with van der Waals surface area (Å²) in [5, 5.41) is 9.84. The minimum Gasteiger partial charge on any atom is -0.448 e. The van der Waals surface area contributed by atoms with Gasteiger partial charge in [-0.15, -0.1) is 5.10 Å². The molecule has 2 aromatic heterocycles. The third-order valence-electron chi connectivity index (χ3n) is 3.57. The highest BCUT2D eigenvalue weighted by Gasteiger charge is 2.17. The van der Waals surface area contributed by atoms with Crippen LogP contribution in [0.5, 0.6) is 0 Å². The standard InChI is InChI=1S/C14H20N4OS/c15-8-9-18-10-12(16-17-18)13-6-7-14(19-13)20-11-4-2-1-3-5-11/h6-7,10-11H,1-5,8-9,15H2. The Hall–Kier alpha value is -1.27. The van der Waals surface area contributed by atoms with Crippen LogP contribution in [0.2, 0.25) is 0 Å². The summed E-state index contributed by atoms with van der Waals surface area (Å²) < 4.78 is 7.62. The Labute approximate surface area is 122 Å². The summed E-state index contributed by atoms with van der Waals surface area (Å²) in [5.41, 5.74) is 6.27. The minimum atomic E-state index is 0.559. The average molecular weight is 292 g/mol. The molecule has 0 unspecified atom stereocenters. The van der Waals surface area contributed by atoms with Crippen LogP contribution >= 0.6 is 11.8 Å². The Morgan fingerprint density at radius 2 is 2.15 bits per heavy atom. The van der Waals surface area contributed by atoms with Crippen LogP contribution in [0.1, 0.15) is 32.1 Å². The lowest BCUT2D eigenvalue weighted by Crippen LogP contribution is -2.10. The highest BCUT2D eigenvalue weighted by atomic mass is 32.2. The second-order valence-corrected chi connectivity index (χ2v) is 6.46. The molecular formula is C14H20N4OS. The van der Waals surface area contributed by atoms with E-state index in [1.54, 1.807) is 4.68 Å². The van der Waals surface area contributed by atoms with Gasteiger partial charge >= 0.3 is 0 Å². The van der Waals surface area contributed by atoms with E-state index in [1.807, 2.05) is 30.1 Å². The number of nitrogens with two attached hydrogens (primary N) is 1. The number of nitrogens with zero attached hydrogens (tertiary/aromatic N) is 3. The molecule has 2 heterocycles. The van der Waals surface area contributed by atoms with Crippen LogP contribution < -0.4 is 5.73 Å². The molecule has 5 nitrogen and oxygen atoms in total. The first kappa shape index (κ1) is 13.7. The second-order valence-electron chi connectivity index (χ2n) is 5.15. The molecule has 0 spiro atoms. The monoisotopic (exact) mass is 292 g/mol. The van der Waals surface area contributed by atoms with Gasteiger partial charge in [0.05, 0.1) is 12.7 Å². The molecule has 0 atom stereocenters. The second kappa shape index (κ2) is 6.45. The van der Waals surface area contributed by atoms with Gasteiger partial charge in [0.25, 0.3) is 0 Å². The molecular weight excluding hydrogens is 272 g/mol. The molecule has 0 bridgehead atoms. The molecule has 0 aromatic carbocycles. The molecule has 3 rings (SSSR count). The fraction of sp³-hybridized carbons (Fsp3) is 0.571. The summed E-state index contributed by atoms with van der Waals surface area (Å²) in [6.07, 6.45) is 8.55. The lowest BCUT2D eigenvalue weighted by molar-refractivity contribution is 0.476. The maximum absolute atomic E-state index is 5.88. The number of aromatic nitrogens is 3. The Morgan fingerprint density at radius 1 is 1.30 bits per heavy atom. The van der Waals surface area contributed by atoms with Crippen LogP contribution in [0.4, 0.5) is 0 Å². The Balaban J connectivity index is 1.65. The molecule has 0 amide bonds. The number of furan rings is 1. The van der Waals surface area contributed by atoms with E-state index in [1.165, 1.54) is 32.1 Å². The van der Waals surface area contributed by atoms with Gasteiger partial charge in [0.1, 0.15) is 5.69 Å². The fourth-order valence-corrected chi connectivity index (χ4v) is 3.70. The molecule has 1 saturated carbocycles. The molecule has 2 aromatic rings. The molecule has 0 saturated heterocycles. The molecule has 2 N–H and O–H groups in total.